The summed E-state index contributed by atoms with van der Waals surface area (Å²) in [4.78, 5) is 19.7. The maximum Gasteiger partial charge on any atom is 0.267 e. The quantitative estimate of drug-likeness (QED) is 0.779. The van der Waals surface area contributed by atoms with E-state index in [1.165, 1.54) is 23.0 Å². The number of nitrogens with zero attached hydrogens (tertiary/aromatic N) is 3. The van der Waals surface area contributed by atoms with Gasteiger partial charge in [0.25, 0.3) is 5.56 Å². The standard InChI is InChI=1S/C11H9FIN3O/c1-7-15-5-10(13)11(17)16(7)6-8-2-9(12)4-14-3-8/h2-5H,6H2,1H3. The molecule has 0 saturated carbocycles. The third-order valence-corrected chi connectivity index (χ3v) is 3.05. The largest absolute Gasteiger partial charge is 0.291 e. The molecule has 4 nitrogen and oxygen atoms in total. The van der Waals surface area contributed by atoms with Gasteiger partial charge in [-0.25, -0.2) is 9.37 Å². The number of rotatable bonds is 2. The molecule has 0 aromatic carbocycles. The summed E-state index contributed by atoms with van der Waals surface area (Å²) in [5, 5.41) is 0. The zero-order valence-electron chi connectivity index (χ0n) is 9.02. The molecule has 2 aromatic rings. The molecule has 0 radical (unpaired) electrons. The van der Waals surface area contributed by atoms with E-state index < -0.39 is 5.82 Å². The zero-order valence-corrected chi connectivity index (χ0v) is 11.2. The molecular weight excluding hydrogens is 336 g/mol. The molecule has 2 heterocycles. The molecule has 0 aliphatic rings. The summed E-state index contributed by atoms with van der Waals surface area (Å²) in [7, 11) is 0. The lowest BCUT2D eigenvalue weighted by Crippen LogP contribution is -2.26. The maximum atomic E-state index is 13.0. The van der Waals surface area contributed by atoms with Crippen LogP contribution < -0.4 is 5.56 Å². The zero-order chi connectivity index (χ0) is 12.4. The maximum absolute atomic E-state index is 13.0. The Bertz CT molecular complexity index is 612. The van der Waals surface area contributed by atoms with Crippen LogP contribution in [0.5, 0.6) is 0 Å². The van der Waals surface area contributed by atoms with Crippen LogP contribution in [0.4, 0.5) is 4.39 Å². The monoisotopic (exact) mass is 345 g/mol. The molecule has 0 atom stereocenters. The predicted molar refractivity (Wildman–Crippen MR) is 69.2 cm³/mol. The lowest BCUT2D eigenvalue weighted by atomic mass is 10.3. The Balaban J connectivity index is 2.43. The van der Waals surface area contributed by atoms with Crippen LogP contribution in [-0.4, -0.2) is 14.5 Å². The Morgan fingerprint density at radius 2 is 2.18 bits per heavy atom. The summed E-state index contributed by atoms with van der Waals surface area (Å²) in [5.41, 5.74) is 0.515. The molecule has 0 aliphatic heterocycles. The topological polar surface area (TPSA) is 47.8 Å². The Hall–Kier alpha value is -1.31. The van der Waals surface area contributed by atoms with Crippen molar-refractivity contribution in [3.63, 3.8) is 0 Å². The van der Waals surface area contributed by atoms with Gasteiger partial charge in [0.05, 0.1) is 16.3 Å². The number of halogens is 2. The minimum absolute atomic E-state index is 0.123. The van der Waals surface area contributed by atoms with Crippen LogP contribution in [0.15, 0.2) is 29.5 Å². The fraction of sp³-hybridized carbons (Fsp3) is 0.182. The van der Waals surface area contributed by atoms with Crippen LogP contribution in [0.25, 0.3) is 0 Å². The fourth-order valence-corrected chi connectivity index (χ4v) is 1.89. The Morgan fingerprint density at radius 1 is 1.41 bits per heavy atom. The van der Waals surface area contributed by atoms with Crippen LogP contribution >= 0.6 is 22.6 Å². The highest BCUT2D eigenvalue weighted by Crippen LogP contribution is 2.05. The summed E-state index contributed by atoms with van der Waals surface area (Å²) < 4.78 is 15.0. The van der Waals surface area contributed by atoms with E-state index in [1.54, 1.807) is 6.92 Å². The molecule has 17 heavy (non-hydrogen) atoms. The van der Waals surface area contributed by atoms with Gasteiger partial charge in [-0.2, -0.15) is 0 Å². The highest BCUT2D eigenvalue weighted by molar-refractivity contribution is 14.1. The van der Waals surface area contributed by atoms with Crippen molar-refractivity contribution in [3.05, 3.63) is 55.8 Å². The molecule has 0 fully saturated rings. The number of hydrogen-bond acceptors (Lipinski definition) is 3. The van der Waals surface area contributed by atoms with Crippen molar-refractivity contribution in [2.24, 2.45) is 0 Å². The van der Waals surface area contributed by atoms with Crippen molar-refractivity contribution in [3.8, 4) is 0 Å². The Kier molecular flexibility index (Phi) is 3.51. The highest BCUT2D eigenvalue weighted by Gasteiger charge is 2.06. The second-order valence-electron chi connectivity index (χ2n) is 3.56. The second-order valence-corrected chi connectivity index (χ2v) is 4.72. The van der Waals surface area contributed by atoms with Gasteiger partial charge in [-0.1, -0.05) is 0 Å². The molecule has 2 rings (SSSR count). The van der Waals surface area contributed by atoms with Gasteiger partial charge < -0.3 is 0 Å². The van der Waals surface area contributed by atoms with Gasteiger partial charge in [-0.05, 0) is 41.1 Å². The van der Waals surface area contributed by atoms with Gasteiger partial charge in [0, 0.05) is 12.4 Å². The van der Waals surface area contributed by atoms with E-state index in [4.69, 9.17) is 0 Å². The first-order chi connectivity index (χ1) is 8.08. The molecule has 0 amide bonds. The van der Waals surface area contributed by atoms with Crippen molar-refractivity contribution in [1.82, 2.24) is 14.5 Å². The third kappa shape index (κ3) is 2.68. The average Bonchev–Trinajstić information content (AvgIpc) is 2.30. The summed E-state index contributed by atoms with van der Waals surface area (Å²) in [5.74, 6) is 0.187. The SMILES string of the molecule is Cc1ncc(I)c(=O)n1Cc1cncc(F)c1. The van der Waals surface area contributed by atoms with Gasteiger partial charge in [-0.15, -0.1) is 0 Å². The smallest absolute Gasteiger partial charge is 0.267 e. The number of aryl methyl sites for hydroxylation is 1. The highest BCUT2D eigenvalue weighted by atomic mass is 127. The van der Waals surface area contributed by atoms with Crippen LogP contribution in [-0.2, 0) is 6.54 Å². The van der Waals surface area contributed by atoms with Gasteiger partial charge in [0.15, 0.2) is 0 Å². The summed E-state index contributed by atoms with van der Waals surface area (Å²) in [6.45, 7) is 2.02. The van der Waals surface area contributed by atoms with E-state index in [9.17, 15) is 9.18 Å². The number of aromatic nitrogens is 3. The van der Waals surface area contributed by atoms with E-state index in [0.717, 1.165) is 6.20 Å². The van der Waals surface area contributed by atoms with Crippen molar-refractivity contribution in [2.75, 3.05) is 0 Å². The van der Waals surface area contributed by atoms with Gasteiger partial charge in [-0.3, -0.25) is 14.3 Å². The molecule has 0 spiro atoms. The molecule has 2 aromatic heterocycles. The van der Waals surface area contributed by atoms with E-state index in [0.29, 0.717) is 15.0 Å². The predicted octanol–water partition coefficient (Wildman–Crippen LogP) is 1.74. The second kappa shape index (κ2) is 4.91. The normalized spacial score (nSPS) is 10.5. The fourth-order valence-electron chi connectivity index (χ4n) is 1.46. The molecule has 0 aliphatic carbocycles. The first-order valence-corrected chi connectivity index (χ1v) is 5.97. The van der Waals surface area contributed by atoms with E-state index in [2.05, 4.69) is 9.97 Å². The molecule has 0 saturated heterocycles. The van der Waals surface area contributed by atoms with Crippen LogP contribution in [0.2, 0.25) is 0 Å². The van der Waals surface area contributed by atoms with Gasteiger partial charge in [0.1, 0.15) is 11.6 Å². The summed E-state index contributed by atoms with van der Waals surface area (Å²) in [6, 6.07) is 1.36. The summed E-state index contributed by atoms with van der Waals surface area (Å²) in [6.07, 6.45) is 4.19. The van der Waals surface area contributed by atoms with Crippen LogP contribution in [0.1, 0.15) is 11.4 Å². The molecule has 88 valence electrons. The first kappa shape index (κ1) is 12.2. The van der Waals surface area contributed by atoms with Crippen molar-refractivity contribution in [2.45, 2.75) is 13.5 Å². The molecule has 0 unspecified atom stereocenters. The summed E-state index contributed by atoms with van der Waals surface area (Å²) >= 11 is 1.93. The number of pyridine rings is 1. The lowest BCUT2D eigenvalue weighted by Gasteiger charge is -2.09. The van der Waals surface area contributed by atoms with E-state index in [1.807, 2.05) is 22.6 Å². The van der Waals surface area contributed by atoms with Gasteiger partial charge >= 0.3 is 0 Å². The minimum atomic E-state index is -0.410. The van der Waals surface area contributed by atoms with E-state index >= 15 is 0 Å². The molecular formula is C11H9FIN3O. The first-order valence-electron chi connectivity index (χ1n) is 4.89. The molecule has 0 bridgehead atoms. The van der Waals surface area contributed by atoms with E-state index in [-0.39, 0.29) is 12.1 Å². The average molecular weight is 345 g/mol. The van der Waals surface area contributed by atoms with Crippen molar-refractivity contribution in [1.29, 1.82) is 0 Å². The third-order valence-electron chi connectivity index (χ3n) is 2.31. The lowest BCUT2D eigenvalue weighted by molar-refractivity contribution is 0.612. The number of hydrogen-bond donors (Lipinski definition) is 0. The Morgan fingerprint density at radius 3 is 2.88 bits per heavy atom. The van der Waals surface area contributed by atoms with Gasteiger partial charge in [0.2, 0.25) is 0 Å². The Labute approximate surface area is 111 Å². The van der Waals surface area contributed by atoms with Crippen LogP contribution in [0, 0.1) is 16.3 Å². The molecule has 6 heteroatoms. The van der Waals surface area contributed by atoms with Crippen LogP contribution in [0.3, 0.4) is 0 Å². The van der Waals surface area contributed by atoms with Crippen molar-refractivity contribution >= 4 is 22.6 Å². The molecule has 0 N–H and O–H groups in total. The minimum Gasteiger partial charge on any atom is -0.291 e. The van der Waals surface area contributed by atoms with Crippen molar-refractivity contribution < 1.29 is 4.39 Å².